The van der Waals surface area contributed by atoms with E-state index in [2.05, 4.69) is 26.8 Å². The second-order valence-electron chi connectivity index (χ2n) is 7.44. The summed E-state index contributed by atoms with van der Waals surface area (Å²) in [5, 5.41) is 0.656. The number of rotatable bonds is 9. The predicted octanol–water partition coefficient (Wildman–Crippen LogP) is 3.63. The molecule has 32 heavy (non-hydrogen) atoms. The topological polar surface area (TPSA) is 93.5 Å². The molecule has 3 rings (SSSR count). The molecule has 1 aromatic carbocycles. The Morgan fingerprint density at radius 2 is 1.59 bits per heavy atom. The fraction of sp³-hybridized carbons (Fsp3) is 0.524. The first-order chi connectivity index (χ1) is 14.1. The van der Waals surface area contributed by atoms with Crippen LogP contribution in [-0.4, -0.2) is 72.4 Å². The number of anilines is 2. The normalized spacial score (nSPS) is 14.1. The van der Waals surface area contributed by atoms with Crippen molar-refractivity contribution < 1.29 is 4.74 Å². The maximum Gasteiger partial charge on any atom is 0.191 e. The molecule has 0 bridgehead atoms. The van der Waals surface area contributed by atoms with Gasteiger partial charge in [-0.05, 0) is 38.1 Å². The Kier molecular flexibility index (Phi) is 15.1. The second-order valence-corrected chi connectivity index (χ2v) is 8.51. The van der Waals surface area contributed by atoms with Crippen LogP contribution < -0.4 is 16.2 Å². The first-order valence-corrected chi connectivity index (χ1v) is 11.1. The van der Waals surface area contributed by atoms with Crippen LogP contribution in [0.1, 0.15) is 24.0 Å². The average molecular weight is 526 g/mol. The van der Waals surface area contributed by atoms with Gasteiger partial charge in [0.25, 0.3) is 0 Å². The summed E-state index contributed by atoms with van der Waals surface area (Å²) in [4.78, 5) is 13.9. The number of methoxy groups -OCH3 is 1. The smallest absolute Gasteiger partial charge is 0.191 e. The molecule has 2 aromatic rings. The molecular formula is C21H35Cl3N6OS. The molecule has 1 saturated heterocycles. The summed E-state index contributed by atoms with van der Waals surface area (Å²) >= 11 is 1.62. The minimum Gasteiger partial charge on any atom is -0.496 e. The van der Waals surface area contributed by atoms with Crippen LogP contribution in [0.15, 0.2) is 29.4 Å². The molecule has 1 aromatic heterocycles. The minimum atomic E-state index is 0. The molecular weight excluding hydrogens is 491 g/mol. The minimum absolute atomic E-state index is 0. The summed E-state index contributed by atoms with van der Waals surface area (Å²) in [6.45, 7) is 5.85. The van der Waals surface area contributed by atoms with Crippen molar-refractivity contribution in [1.82, 2.24) is 19.8 Å². The van der Waals surface area contributed by atoms with Crippen LogP contribution in [0.4, 0.5) is 11.6 Å². The molecule has 0 atom stereocenters. The number of aromatic nitrogens is 2. The highest BCUT2D eigenvalue weighted by Crippen LogP contribution is 2.28. The average Bonchev–Trinajstić information content (AvgIpc) is 2.72. The molecule has 182 valence electrons. The largest absolute Gasteiger partial charge is 0.496 e. The van der Waals surface area contributed by atoms with Crippen LogP contribution in [0.25, 0.3) is 0 Å². The number of nitrogens with zero attached hydrogens (tertiary/aromatic N) is 4. The van der Waals surface area contributed by atoms with Crippen LogP contribution in [0.5, 0.6) is 5.75 Å². The summed E-state index contributed by atoms with van der Waals surface area (Å²) in [6.07, 6.45) is 2.87. The number of likely N-dealkylation sites (N-methyl/N-ethyl adjacent to an activating group) is 1. The van der Waals surface area contributed by atoms with E-state index in [4.69, 9.17) is 16.2 Å². The Balaban J connectivity index is 0.00000320. The number of piperazine rings is 1. The molecule has 1 fully saturated rings. The van der Waals surface area contributed by atoms with Gasteiger partial charge in [-0.3, -0.25) is 0 Å². The van der Waals surface area contributed by atoms with E-state index >= 15 is 0 Å². The number of nitrogens with two attached hydrogens (primary N) is 2. The van der Waals surface area contributed by atoms with Gasteiger partial charge in [0.15, 0.2) is 5.16 Å². The van der Waals surface area contributed by atoms with Gasteiger partial charge in [0, 0.05) is 43.9 Å². The molecule has 1 aliphatic rings. The number of ether oxygens (including phenoxy) is 1. The summed E-state index contributed by atoms with van der Waals surface area (Å²) in [6, 6.07) is 7.84. The van der Waals surface area contributed by atoms with Gasteiger partial charge in [0.2, 0.25) is 0 Å². The van der Waals surface area contributed by atoms with Gasteiger partial charge in [-0.1, -0.05) is 30.0 Å². The van der Waals surface area contributed by atoms with Crippen molar-refractivity contribution in [2.24, 2.45) is 0 Å². The van der Waals surface area contributed by atoms with E-state index in [1.54, 1.807) is 18.9 Å². The van der Waals surface area contributed by atoms with Crippen molar-refractivity contribution in [3.8, 4) is 5.75 Å². The number of hydrogen-bond donors (Lipinski definition) is 2. The lowest BCUT2D eigenvalue weighted by Crippen LogP contribution is -2.44. The van der Waals surface area contributed by atoms with Gasteiger partial charge in [-0.15, -0.1) is 37.2 Å². The quantitative estimate of drug-likeness (QED) is 0.291. The van der Waals surface area contributed by atoms with Gasteiger partial charge in [0.05, 0.1) is 7.11 Å². The molecule has 0 radical (unpaired) electrons. The van der Waals surface area contributed by atoms with Crippen LogP contribution in [-0.2, 0) is 6.42 Å². The van der Waals surface area contributed by atoms with Crippen LogP contribution in [0.2, 0.25) is 0 Å². The van der Waals surface area contributed by atoms with E-state index < -0.39 is 0 Å². The molecule has 11 heteroatoms. The number of halogens is 3. The summed E-state index contributed by atoms with van der Waals surface area (Å²) < 4.78 is 5.41. The fourth-order valence-corrected chi connectivity index (χ4v) is 4.31. The highest BCUT2D eigenvalue weighted by atomic mass is 35.5. The van der Waals surface area contributed by atoms with E-state index in [1.807, 2.05) is 24.3 Å². The van der Waals surface area contributed by atoms with Gasteiger partial charge in [0.1, 0.15) is 17.4 Å². The highest BCUT2D eigenvalue weighted by molar-refractivity contribution is 7.99. The third-order valence-electron chi connectivity index (χ3n) is 5.31. The van der Waals surface area contributed by atoms with Crippen molar-refractivity contribution in [3.63, 3.8) is 0 Å². The number of nitrogen functional groups attached to an aromatic ring is 2. The molecule has 4 N–H and O–H groups in total. The van der Waals surface area contributed by atoms with Crippen LogP contribution in [0.3, 0.4) is 0 Å². The van der Waals surface area contributed by atoms with E-state index in [0.29, 0.717) is 23.2 Å². The first-order valence-electron chi connectivity index (χ1n) is 10.1. The van der Waals surface area contributed by atoms with Crippen LogP contribution in [0, 0.1) is 0 Å². The lowest BCUT2D eigenvalue weighted by atomic mass is 10.1. The molecule has 1 aliphatic heterocycles. The first kappa shape index (κ1) is 30.8. The fourth-order valence-electron chi connectivity index (χ4n) is 3.45. The number of thioether (sulfide) groups is 1. The van der Waals surface area contributed by atoms with Crippen LogP contribution >= 0.6 is 49.0 Å². The van der Waals surface area contributed by atoms with Gasteiger partial charge in [-0.2, -0.15) is 0 Å². The molecule has 0 unspecified atom stereocenters. The molecule has 0 saturated carbocycles. The van der Waals surface area contributed by atoms with E-state index in [9.17, 15) is 0 Å². The molecule has 0 aliphatic carbocycles. The molecule has 2 heterocycles. The molecule has 7 nitrogen and oxygen atoms in total. The third kappa shape index (κ3) is 9.00. The Morgan fingerprint density at radius 3 is 2.22 bits per heavy atom. The zero-order valence-corrected chi connectivity index (χ0v) is 21.9. The van der Waals surface area contributed by atoms with Gasteiger partial charge < -0.3 is 26.0 Å². The number of unbranched alkanes of at least 4 members (excludes halogenated alkanes) is 1. The Bertz CT molecular complexity index is 786. The van der Waals surface area contributed by atoms with Crippen molar-refractivity contribution in [2.45, 2.75) is 24.4 Å². The Hall–Kier alpha value is -1.16. The predicted molar refractivity (Wildman–Crippen MR) is 142 cm³/mol. The Labute approximate surface area is 214 Å². The number of para-hydroxylation sites is 1. The Morgan fingerprint density at radius 1 is 0.969 bits per heavy atom. The SMILES string of the molecule is COc1ccccc1Cc1c(N)nc(SCCCCN2CCN(C)CC2)nc1N.Cl.Cl.Cl. The lowest BCUT2D eigenvalue weighted by molar-refractivity contribution is 0.153. The monoisotopic (exact) mass is 524 g/mol. The zero-order valence-electron chi connectivity index (χ0n) is 18.7. The second kappa shape index (κ2) is 15.6. The van der Waals surface area contributed by atoms with Gasteiger partial charge >= 0.3 is 0 Å². The highest BCUT2D eigenvalue weighted by Gasteiger charge is 2.15. The number of benzene rings is 1. The standard InChI is InChI=1S/C21H32N6OS.3ClH/c1-26-10-12-27(13-11-26)9-5-6-14-29-21-24-19(22)17(20(23)25-21)15-16-7-3-4-8-18(16)28-2;;;/h3-4,7-8H,5-6,9-15H2,1-2H3,(H4,22,23,24,25);3*1H. The molecule has 0 spiro atoms. The lowest BCUT2D eigenvalue weighted by Gasteiger charge is -2.32. The van der Waals surface area contributed by atoms with Gasteiger partial charge in [-0.25, -0.2) is 9.97 Å². The maximum absolute atomic E-state index is 6.20. The van der Waals surface area contributed by atoms with E-state index in [0.717, 1.165) is 35.6 Å². The summed E-state index contributed by atoms with van der Waals surface area (Å²) in [5.74, 6) is 2.68. The van der Waals surface area contributed by atoms with Crippen molar-refractivity contribution in [1.29, 1.82) is 0 Å². The van der Waals surface area contributed by atoms with E-state index in [-0.39, 0.29) is 37.2 Å². The number of hydrogen-bond acceptors (Lipinski definition) is 8. The summed E-state index contributed by atoms with van der Waals surface area (Å²) in [5.41, 5.74) is 14.2. The zero-order chi connectivity index (χ0) is 20.6. The maximum atomic E-state index is 6.20. The van der Waals surface area contributed by atoms with Crippen molar-refractivity contribution in [2.75, 3.05) is 64.1 Å². The molecule has 0 amide bonds. The van der Waals surface area contributed by atoms with E-state index in [1.165, 1.54) is 32.6 Å². The third-order valence-corrected chi connectivity index (χ3v) is 6.24. The van der Waals surface area contributed by atoms with Crippen molar-refractivity contribution in [3.05, 3.63) is 35.4 Å². The summed E-state index contributed by atoms with van der Waals surface area (Å²) in [7, 11) is 3.85. The van der Waals surface area contributed by atoms with Crippen molar-refractivity contribution >= 4 is 60.6 Å².